The zero-order valence-corrected chi connectivity index (χ0v) is 10.5. The largest absolute Gasteiger partial charge is 0.488 e. The molecule has 0 aliphatic heterocycles. The molecule has 1 aromatic heterocycles. The lowest BCUT2D eigenvalue weighted by atomic mass is 10.2. The fourth-order valence-corrected chi connectivity index (χ4v) is 2.09. The second-order valence-corrected chi connectivity index (χ2v) is 4.43. The van der Waals surface area contributed by atoms with E-state index in [0.29, 0.717) is 17.6 Å². The first-order valence-electron chi connectivity index (χ1n) is 6.09. The van der Waals surface area contributed by atoms with E-state index in [-0.39, 0.29) is 5.82 Å². The quantitative estimate of drug-likeness (QED) is 0.690. The van der Waals surface area contributed by atoms with Gasteiger partial charge in [0.1, 0.15) is 23.8 Å². The summed E-state index contributed by atoms with van der Waals surface area (Å²) in [7, 11) is 0. The number of hydrogen-bond donors (Lipinski definition) is 0. The summed E-state index contributed by atoms with van der Waals surface area (Å²) in [5, 5.41) is 0.496. The van der Waals surface area contributed by atoms with Crippen LogP contribution in [0.1, 0.15) is 11.1 Å². The van der Waals surface area contributed by atoms with Gasteiger partial charge in [-0.3, -0.25) is 0 Å². The number of para-hydroxylation sites is 1. The van der Waals surface area contributed by atoms with Crippen molar-refractivity contribution < 1.29 is 13.5 Å². The Morgan fingerprint density at radius 1 is 1.11 bits per heavy atom. The second-order valence-electron chi connectivity index (χ2n) is 4.43. The van der Waals surface area contributed by atoms with Gasteiger partial charge < -0.3 is 9.15 Å². The average molecular weight is 256 g/mol. The molecule has 0 bridgehead atoms. The predicted octanol–water partition coefficient (Wildman–Crippen LogP) is 4.46. The molecule has 0 aliphatic carbocycles. The summed E-state index contributed by atoms with van der Waals surface area (Å²) in [6.07, 6.45) is 1.55. The third-order valence-corrected chi connectivity index (χ3v) is 3.10. The Morgan fingerprint density at radius 3 is 2.79 bits per heavy atom. The fourth-order valence-electron chi connectivity index (χ4n) is 2.09. The van der Waals surface area contributed by atoms with Gasteiger partial charge >= 0.3 is 0 Å². The molecule has 2 nitrogen and oxygen atoms in total. The highest BCUT2D eigenvalue weighted by Gasteiger charge is 2.11. The van der Waals surface area contributed by atoms with Gasteiger partial charge in [0, 0.05) is 5.56 Å². The van der Waals surface area contributed by atoms with Crippen LogP contribution in [0.4, 0.5) is 4.39 Å². The van der Waals surface area contributed by atoms with Crippen molar-refractivity contribution in [3.05, 3.63) is 65.7 Å². The minimum Gasteiger partial charge on any atom is -0.488 e. The number of fused-ring (bicyclic) bond motifs is 1. The lowest BCUT2D eigenvalue weighted by Crippen LogP contribution is -1.96. The molecule has 96 valence electrons. The van der Waals surface area contributed by atoms with Crippen molar-refractivity contribution in [2.45, 2.75) is 13.5 Å². The van der Waals surface area contributed by atoms with Crippen molar-refractivity contribution in [2.75, 3.05) is 0 Å². The first-order valence-corrected chi connectivity index (χ1v) is 6.09. The summed E-state index contributed by atoms with van der Waals surface area (Å²) in [6, 6.07) is 12.5. The van der Waals surface area contributed by atoms with Gasteiger partial charge in [-0.25, -0.2) is 4.39 Å². The first-order chi connectivity index (χ1) is 9.25. The van der Waals surface area contributed by atoms with Crippen LogP contribution in [0.15, 0.2) is 53.1 Å². The summed E-state index contributed by atoms with van der Waals surface area (Å²) in [5.41, 5.74) is 2.32. The van der Waals surface area contributed by atoms with E-state index in [4.69, 9.17) is 9.15 Å². The number of furan rings is 1. The second kappa shape index (κ2) is 4.76. The lowest BCUT2D eigenvalue weighted by molar-refractivity contribution is 0.303. The molecule has 3 rings (SSSR count). The molecule has 0 fully saturated rings. The molecule has 3 heteroatoms. The normalized spacial score (nSPS) is 10.8. The van der Waals surface area contributed by atoms with Crippen LogP contribution < -0.4 is 4.74 Å². The maximum Gasteiger partial charge on any atom is 0.137 e. The molecule has 2 aromatic carbocycles. The summed E-state index contributed by atoms with van der Waals surface area (Å²) in [6.45, 7) is 2.27. The minimum atomic E-state index is -0.283. The van der Waals surface area contributed by atoms with Gasteiger partial charge in [0.25, 0.3) is 0 Å². The third-order valence-electron chi connectivity index (χ3n) is 3.10. The molecule has 0 amide bonds. The van der Waals surface area contributed by atoms with Crippen molar-refractivity contribution in [1.29, 1.82) is 0 Å². The van der Waals surface area contributed by atoms with E-state index in [2.05, 4.69) is 0 Å². The van der Waals surface area contributed by atoms with Crippen LogP contribution in [0.25, 0.3) is 11.0 Å². The Balaban J connectivity index is 1.89. The molecule has 0 saturated heterocycles. The van der Waals surface area contributed by atoms with E-state index in [9.17, 15) is 4.39 Å². The van der Waals surface area contributed by atoms with E-state index < -0.39 is 0 Å². The maximum absolute atomic E-state index is 13.8. The van der Waals surface area contributed by atoms with Crippen molar-refractivity contribution in [3.63, 3.8) is 0 Å². The number of halogens is 1. The van der Waals surface area contributed by atoms with Crippen molar-refractivity contribution in [2.24, 2.45) is 0 Å². The molecule has 0 radical (unpaired) electrons. The Bertz CT molecular complexity index is 716. The standard InChI is InChI=1S/C16H13FO2/c1-11-5-2-3-7-14(11)18-9-12-10-19-15-8-4-6-13(17)16(12)15/h2-8,10H,9H2,1H3. The summed E-state index contributed by atoms with van der Waals surface area (Å²) >= 11 is 0. The van der Waals surface area contributed by atoms with Gasteiger partial charge in [-0.2, -0.15) is 0 Å². The number of aryl methyl sites for hydroxylation is 1. The molecule has 0 saturated carbocycles. The van der Waals surface area contributed by atoms with Crippen LogP contribution in [0, 0.1) is 12.7 Å². The molecule has 0 aliphatic rings. The van der Waals surface area contributed by atoms with Crippen LogP contribution in [-0.4, -0.2) is 0 Å². The minimum absolute atomic E-state index is 0.283. The Kier molecular flexibility index (Phi) is 2.95. The highest BCUT2D eigenvalue weighted by atomic mass is 19.1. The number of benzene rings is 2. The number of rotatable bonds is 3. The smallest absolute Gasteiger partial charge is 0.137 e. The molecule has 0 N–H and O–H groups in total. The highest BCUT2D eigenvalue weighted by molar-refractivity contribution is 5.81. The zero-order chi connectivity index (χ0) is 13.2. The van der Waals surface area contributed by atoms with Gasteiger partial charge in [-0.1, -0.05) is 24.3 Å². The van der Waals surface area contributed by atoms with E-state index in [0.717, 1.165) is 16.9 Å². The fraction of sp³-hybridized carbons (Fsp3) is 0.125. The number of ether oxygens (including phenoxy) is 1. The van der Waals surface area contributed by atoms with Gasteiger partial charge in [0.15, 0.2) is 0 Å². The van der Waals surface area contributed by atoms with Crippen LogP contribution in [0.5, 0.6) is 5.75 Å². The highest BCUT2D eigenvalue weighted by Crippen LogP contribution is 2.26. The van der Waals surface area contributed by atoms with Crippen LogP contribution >= 0.6 is 0 Å². The molecule has 0 unspecified atom stereocenters. The third kappa shape index (κ3) is 2.19. The summed E-state index contributed by atoms with van der Waals surface area (Å²) in [5.74, 6) is 0.517. The molecule has 1 heterocycles. The van der Waals surface area contributed by atoms with Crippen molar-refractivity contribution in [1.82, 2.24) is 0 Å². The topological polar surface area (TPSA) is 22.4 Å². The van der Waals surface area contributed by atoms with E-state index >= 15 is 0 Å². The Hall–Kier alpha value is -2.29. The molecule has 3 aromatic rings. The van der Waals surface area contributed by atoms with Crippen LogP contribution in [-0.2, 0) is 6.61 Å². The van der Waals surface area contributed by atoms with E-state index in [1.165, 1.54) is 6.07 Å². The molecule has 0 spiro atoms. The summed E-state index contributed by atoms with van der Waals surface area (Å²) in [4.78, 5) is 0. The summed E-state index contributed by atoms with van der Waals surface area (Å²) < 4.78 is 24.8. The van der Waals surface area contributed by atoms with E-state index in [1.54, 1.807) is 18.4 Å². The van der Waals surface area contributed by atoms with Crippen LogP contribution in [0.2, 0.25) is 0 Å². The molecule has 19 heavy (non-hydrogen) atoms. The van der Waals surface area contributed by atoms with Crippen molar-refractivity contribution >= 4 is 11.0 Å². The Labute approximate surface area is 110 Å². The van der Waals surface area contributed by atoms with Gasteiger partial charge in [0.05, 0.1) is 11.6 Å². The van der Waals surface area contributed by atoms with Crippen LogP contribution in [0.3, 0.4) is 0 Å². The average Bonchev–Trinajstić information content (AvgIpc) is 2.83. The van der Waals surface area contributed by atoms with Gasteiger partial charge in [-0.15, -0.1) is 0 Å². The SMILES string of the molecule is Cc1ccccc1OCc1coc2cccc(F)c12. The number of hydrogen-bond acceptors (Lipinski definition) is 2. The lowest BCUT2D eigenvalue weighted by Gasteiger charge is -2.07. The zero-order valence-electron chi connectivity index (χ0n) is 10.5. The molecule has 0 atom stereocenters. The van der Waals surface area contributed by atoms with E-state index in [1.807, 2.05) is 31.2 Å². The Morgan fingerprint density at radius 2 is 1.95 bits per heavy atom. The van der Waals surface area contributed by atoms with Crippen molar-refractivity contribution in [3.8, 4) is 5.75 Å². The first kappa shape index (κ1) is 11.8. The molecular weight excluding hydrogens is 243 g/mol. The van der Waals surface area contributed by atoms with Gasteiger partial charge in [-0.05, 0) is 30.7 Å². The molecular formula is C16H13FO2. The predicted molar refractivity (Wildman–Crippen MR) is 71.7 cm³/mol. The monoisotopic (exact) mass is 256 g/mol. The maximum atomic E-state index is 13.8. The van der Waals surface area contributed by atoms with Gasteiger partial charge in [0.2, 0.25) is 0 Å².